The second-order valence-electron chi connectivity index (χ2n) is 4.80. The fraction of sp³-hybridized carbons (Fsp3) is 0.400. The topological polar surface area (TPSA) is 41.1 Å². The molecule has 0 fully saturated rings. The van der Waals surface area contributed by atoms with E-state index in [2.05, 4.69) is 23.6 Å². The van der Waals surface area contributed by atoms with Crippen LogP contribution in [0.2, 0.25) is 0 Å². The van der Waals surface area contributed by atoms with Crippen molar-refractivity contribution in [1.29, 1.82) is 0 Å². The lowest BCUT2D eigenvalue weighted by atomic mass is 10.1. The summed E-state index contributed by atoms with van der Waals surface area (Å²) in [6.45, 7) is 6.66. The fourth-order valence-electron chi connectivity index (χ4n) is 2.01. The van der Waals surface area contributed by atoms with Crippen LogP contribution in [0.5, 0.6) is 0 Å². The molecule has 2 rings (SSSR count). The third-order valence-electron chi connectivity index (χ3n) is 3.40. The number of rotatable bonds is 3. The summed E-state index contributed by atoms with van der Waals surface area (Å²) in [7, 11) is 0. The van der Waals surface area contributed by atoms with Crippen molar-refractivity contribution in [3.05, 3.63) is 46.5 Å². The van der Waals surface area contributed by atoms with Crippen LogP contribution in [0.15, 0.2) is 29.8 Å². The summed E-state index contributed by atoms with van der Waals surface area (Å²) in [5.41, 5.74) is 4.43. The highest BCUT2D eigenvalue weighted by atomic mass is 16.1. The van der Waals surface area contributed by atoms with E-state index in [9.17, 15) is 4.79 Å². The van der Waals surface area contributed by atoms with Crippen LogP contribution in [0.3, 0.4) is 0 Å². The Balaban J connectivity index is 1.95. The Morgan fingerprint density at radius 3 is 2.83 bits per heavy atom. The molecule has 0 unspecified atom stereocenters. The van der Waals surface area contributed by atoms with E-state index in [1.54, 1.807) is 0 Å². The van der Waals surface area contributed by atoms with Crippen LogP contribution in [-0.2, 0) is 0 Å². The number of carbonyl (C=O) groups is 1. The van der Waals surface area contributed by atoms with Crippen molar-refractivity contribution < 1.29 is 4.79 Å². The Labute approximate surface area is 108 Å². The van der Waals surface area contributed by atoms with Gasteiger partial charge in [-0.3, -0.25) is 4.79 Å². The Hall–Kier alpha value is -1.61. The van der Waals surface area contributed by atoms with Crippen molar-refractivity contribution in [2.75, 3.05) is 19.6 Å². The molecular weight excluding hydrogens is 224 g/mol. The number of amides is 1. The van der Waals surface area contributed by atoms with E-state index >= 15 is 0 Å². The fourth-order valence-corrected chi connectivity index (χ4v) is 2.01. The van der Waals surface area contributed by atoms with Gasteiger partial charge in [-0.05, 0) is 50.1 Å². The Kier molecular flexibility index (Phi) is 4.15. The number of nitrogens with one attached hydrogen (secondary N) is 2. The largest absolute Gasteiger partial charge is 0.348 e. The third-order valence-corrected chi connectivity index (χ3v) is 3.40. The van der Waals surface area contributed by atoms with Crippen LogP contribution in [-0.4, -0.2) is 25.5 Å². The summed E-state index contributed by atoms with van der Waals surface area (Å²) in [5, 5.41) is 6.24. The third kappa shape index (κ3) is 3.20. The molecule has 3 heteroatoms. The molecule has 0 saturated heterocycles. The summed E-state index contributed by atoms with van der Waals surface area (Å²) >= 11 is 0. The van der Waals surface area contributed by atoms with Crippen LogP contribution in [0.25, 0.3) is 0 Å². The molecule has 0 aromatic heterocycles. The minimum absolute atomic E-state index is 0.0116. The van der Waals surface area contributed by atoms with Crippen LogP contribution >= 0.6 is 0 Å². The molecule has 1 amide bonds. The van der Waals surface area contributed by atoms with Gasteiger partial charge >= 0.3 is 0 Å². The highest BCUT2D eigenvalue weighted by molar-refractivity contribution is 5.94. The minimum Gasteiger partial charge on any atom is -0.348 e. The number of benzene rings is 1. The zero-order valence-electron chi connectivity index (χ0n) is 11.0. The predicted octanol–water partition coefficient (Wildman–Crippen LogP) is 1.95. The number of hydrogen-bond acceptors (Lipinski definition) is 2. The molecule has 3 nitrogen and oxygen atoms in total. The molecule has 18 heavy (non-hydrogen) atoms. The molecular formula is C15H20N2O. The van der Waals surface area contributed by atoms with Gasteiger partial charge in [0.25, 0.3) is 5.91 Å². The standard InChI is InChI=1S/C15H20N2O/c1-11-3-4-14(9-12(11)2)15(18)17-10-13-5-7-16-8-6-13/h3-5,9,16H,6-8,10H2,1-2H3,(H,17,18). The highest BCUT2D eigenvalue weighted by Gasteiger charge is 2.08. The van der Waals surface area contributed by atoms with E-state index in [0.717, 1.165) is 30.6 Å². The molecule has 1 aliphatic rings. The summed E-state index contributed by atoms with van der Waals surface area (Å²) in [6.07, 6.45) is 3.18. The maximum Gasteiger partial charge on any atom is 0.251 e. The van der Waals surface area contributed by atoms with Crippen LogP contribution in [0, 0.1) is 13.8 Å². The lowest BCUT2D eigenvalue weighted by molar-refractivity contribution is 0.0956. The quantitative estimate of drug-likeness (QED) is 0.798. The summed E-state index contributed by atoms with van der Waals surface area (Å²) in [6, 6.07) is 5.82. The number of hydrogen-bond donors (Lipinski definition) is 2. The molecule has 1 aromatic rings. The molecule has 0 spiro atoms. The van der Waals surface area contributed by atoms with E-state index in [1.807, 2.05) is 25.1 Å². The van der Waals surface area contributed by atoms with Gasteiger partial charge in [0, 0.05) is 18.7 Å². The highest BCUT2D eigenvalue weighted by Crippen LogP contribution is 2.10. The first-order chi connectivity index (χ1) is 8.66. The van der Waals surface area contributed by atoms with Crippen LogP contribution in [0.1, 0.15) is 27.9 Å². The molecule has 0 aliphatic carbocycles. The van der Waals surface area contributed by atoms with Gasteiger partial charge in [-0.2, -0.15) is 0 Å². The Bertz CT molecular complexity index is 477. The van der Waals surface area contributed by atoms with Crippen molar-refractivity contribution in [2.24, 2.45) is 0 Å². The smallest absolute Gasteiger partial charge is 0.251 e. The molecule has 0 bridgehead atoms. The molecule has 0 radical (unpaired) electrons. The number of carbonyl (C=O) groups excluding carboxylic acids is 1. The second-order valence-corrected chi connectivity index (χ2v) is 4.80. The SMILES string of the molecule is Cc1ccc(C(=O)NCC2=CCNCC2)cc1C. The predicted molar refractivity (Wildman–Crippen MR) is 73.8 cm³/mol. The van der Waals surface area contributed by atoms with Crippen molar-refractivity contribution in [3.8, 4) is 0 Å². The monoisotopic (exact) mass is 244 g/mol. The van der Waals surface area contributed by atoms with Gasteiger partial charge in [0.15, 0.2) is 0 Å². The minimum atomic E-state index is 0.0116. The van der Waals surface area contributed by atoms with Gasteiger partial charge in [0.1, 0.15) is 0 Å². The average Bonchev–Trinajstić information content (AvgIpc) is 2.40. The first-order valence-electron chi connectivity index (χ1n) is 6.41. The van der Waals surface area contributed by atoms with E-state index < -0.39 is 0 Å². The zero-order valence-corrected chi connectivity index (χ0v) is 11.0. The first-order valence-corrected chi connectivity index (χ1v) is 6.41. The molecule has 1 heterocycles. The van der Waals surface area contributed by atoms with E-state index in [1.165, 1.54) is 11.1 Å². The van der Waals surface area contributed by atoms with Gasteiger partial charge < -0.3 is 10.6 Å². The van der Waals surface area contributed by atoms with Crippen LogP contribution < -0.4 is 10.6 Å². The molecule has 0 atom stereocenters. The maximum atomic E-state index is 12.0. The first kappa shape index (κ1) is 12.8. The maximum absolute atomic E-state index is 12.0. The second kappa shape index (κ2) is 5.83. The lowest BCUT2D eigenvalue weighted by Gasteiger charge is -2.14. The van der Waals surface area contributed by atoms with E-state index in [4.69, 9.17) is 0 Å². The van der Waals surface area contributed by atoms with Gasteiger partial charge in [-0.25, -0.2) is 0 Å². The molecule has 0 saturated carbocycles. The Morgan fingerprint density at radius 1 is 1.33 bits per heavy atom. The van der Waals surface area contributed by atoms with Gasteiger partial charge in [0.2, 0.25) is 0 Å². The van der Waals surface area contributed by atoms with E-state index in [-0.39, 0.29) is 5.91 Å². The number of aryl methyl sites for hydroxylation is 2. The molecule has 2 N–H and O–H groups in total. The zero-order chi connectivity index (χ0) is 13.0. The average molecular weight is 244 g/mol. The Morgan fingerprint density at radius 2 is 2.17 bits per heavy atom. The van der Waals surface area contributed by atoms with Gasteiger partial charge in [-0.1, -0.05) is 17.7 Å². The summed E-state index contributed by atoms with van der Waals surface area (Å²) in [4.78, 5) is 12.0. The summed E-state index contributed by atoms with van der Waals surface area (Å²) < 4.78 is 0. The van der Waals surface area contributed by atoms with Gasteiger partial charge in [-0.15, -0.1) is 0 Å². The van der Waals surface area contributed by atoms with Crippen molar-refractivity contribution in [2.45, 2.75) is 20.3 Å². The molecule has 1 aliphatic heterocycles. The van der Waals surface area contributed by atoms with Crippen LogP contribution in [0.4, 0.5) is 0 Å². The van der Waals surface area contributed by atoms with E-state index in [0.29, 0.717) is 6.54 Å². The van der Waals surface area contributed by atoms with Crippen molar-refractivity contribution in [3.63, 3.8) is 0 Å². The van der Waals surface area contributed by atoms with Gasteiger partial charge in [0.05, 0.1) is 0 Å². The van der Waals surface area contributed by atoms with Crippen molar-refractivity contribution >= 4 is 5.91 Å². The normalized spacial score (nSPS) is 15.1. The molecule has 96 valence electrons. The summed E-state index contributed by atoms with van der Waals surface area (Å²) in [5.74, 6) is 0.0116. The van der Waals surface area contributed by atoms with Crippen molar-refractivity contribution in [1.82, 2.24) is 10.6 Å². The lowest BCUT2D eigenvalue weighted by Crippen LogP contribution is -2.29. The molecule has 1 aromatic carbocycles.